The molecule has 9 heteroatoms. The highest BCUT2D eigenvalue weighted by Gasteiger charge is 2.38. The van der Waals surface area contributed by atoms with Crippen LogP contribution in [0.3, 0.4) is 0 Å². The third-order valence-electron chi connectivity index (χ3n) is 5.15. The van der Waals surface area contributed by atoms with Crippen molar-refractivity contribution in [3.63, 3.8) is 0 Å². The van der Waals surface area contributed by atoms with Crippen molar-refractivity contribution in [1.82, 2.24) is 0 Å². The van der Waals surface area contributed by atoms with Crippen molar-refractivity contribution >= 4 is 15.6 Å². The quantitative estimate of drug-likeness (QED) is 0.634. The van der Waals surface area contributed by atoms with Crippen molar-refractivity contribution in [2.24, 2.45) is 5.92 Å². The van der Waals surface area contributed by atoms with Gasteiger partial charge in [0, 0.05) is 18.4 Å². The van der Waals surface area contributed by atoms with E-state index < -0.39 is 38.0 Å². The van der Waals surface area contributed by atoms with E-state index >= 15 is 0 Å². The molecule has 2 aromatic carbocycles. The van der Waals surface area contributed by atoms with E-state index in [1.807, 2.05) is 0 Å². The summed E-state index contributed by atoms with van der Waals surface area (Å²) < 4.78 is 80.8. The molecule has 0 aliphatic heterocycles. The number of halogens is 4. The average molecular weight is 439 g/mol. The van der Waals surface area contributed by atoms with Gasteiger partial charge in [0.2, 0.25) is 0 Å². The zero-order valence-corrected chi connectivity index (χ0v) is 16.5. The van der Waals surface area contributed by atoms with Crippen molar-refractivity contribution in [3.8, 4) is 17.2 Å². The third-order valence-corrected chi connectivity index (χ3v) is 7.08. The monoisotopic (exact) mass is 439 g/mol. The van der Waals surface area contributed by atoms with Crippen LogP contribution in [-0.4, -0.2) is 20.0 Å². The minimum Gasteiger partial charge on any atom is -0.300 e. The highest BCUT2D eigenvalue weighted by Crippen LogP contribution is 2.39. The first kappa shape index (κ1) is 22.0. The summed E-state index contributed by atoms with van der Waals surface area (Å²) >= 11 is 0. The zero-order chi connectivity index (χ0) is 22.1. The molecule has 4 nitrogen and oxygen atoms in total. The maximum absolute atomic E-state index is 14.2. The van der Waals surface area contributed by atoms with Gasteiger partial charge in [0.25, 0.3) is 0 Å². The minimum absolute atomic E-state index is 0.0115. The number of ketones is 1. The number of nitrogens with zero attached hydrogens (tertiary/aromatic N) is 1. The molecule has 30 heavy (non-hydrogen) atoms. The van der Waals surface area contributed by atoms with Gasteiger partial charge < -0.3 is 0 Å². The molecule has 0 bridgehead atoms. The Morgan fingerprint density at radius 2 is 1.73 bits per heavy atom. The molecule has 0 aromatic heterocycles. The Hall–Kier alpha value is -2.73. The predicted octanol–water partition coefficient (Wildman–Crippen LogP) is 4.92. The van der Waals surface area contributed by atoms with Gasteiger partial charge >= 0.3 is 6.18 Å². The number of alkyl halides is 3. The molecule has 1 aliphatic rings. The maximum Gasteiger partial charge on any atom is 0.417 e. The van der Waals surface area contributed by atoms with Gasteiger partial charge in [-0.15, -0.1) is 0 Å². The van der Waals surface area contributed by atoms with E-state index in [1.165, 1.54) is 12.1 Å². The standard InChI is InChI=1S/C21H17F4NO3S/c22-19-9-14(11-26)3-7-17(19)15-4-8-20(18(10-15)21(23,24)25)30(28,29)12-13-1-5-16(27)6-2-13/h3-4,7-10,13H,1-2,5-6,12H2. The number of nitriles is 1. The molecule has 1 saturated carbocycles. The van der Waals surface area contributed by atoms with E-state index in [-0.39, 0.29) is 41.2 Å². The van der Waals surface area contributed by atoms with Crippen molar-refractivity contribution in [1.29, 1.82) is 5.26 Å². The number of Topliss-reactive ketones (excluding diaryl/α,β-unsaturated/α-hetero) is 1. The molecular formula is C21H17F4NO3S. The fourth-order valence-corrected chi connectivity index (χ4v) is 5.49. The SMILES string of the molecule is N#Cc1ccc(-c2ccc(S(=O)(=O)CC3CCC(=O)CC3)c(C(F)(F)F)c2)c(F)c1. The normalized spacial score (nSPS) is 15.8. The summed E-state index contributed by atoms with van der Waals surface area (Å²) in [7, 11) is -4.28. The number of rotatable bonds is 4. The number of carbonyl (C=O) groups excluding carboxylic acids is 1. The van der Waals surface area contributed by atoms with Crippen LogP contribution in [0.4, 0.5) is 17.6 Å². The molecule has 0 spiro atoms. The zero-order valence-electron chi connectivity index (χ0n) is 15.7. The molecule has 2 aromatic rings. The summed E-state index contributed by atoms with van der Waals surface area (Å²) in [5.74, 6) is -1.73. The first-order valence-corrected chi connectivity index (χ1v) is 10.8. The fourth-order valence-electron chi connectivity index (χ4n) is 3.58. The second kappa shape index (κ2) is 8.19. The van der Waals surface area contributed by atoms with Crippen LogP contribution in [0.5, 0.6) is 0 Å². The Morgan fingerprint density at radius 3 is 2.30 bits per heavy atom. The van der Waals surface area contributed by atoms with Crippen molar-refractivity contribution in [3.05, 3.63) is 53.3 Å². The van der Waals surface area contributed by atoms with Crippen LogP contribution in [0.2, 0.25) is 0 Å². The van der Waals surface area contributed by atoms with Gasteiger partial charge in [-0.3, -0.25) is 4.79 Å². The summed E-state index contributed by atoms with van der Waals surface area (Å²) in [6.45, 7) is 0. The van der Waals surface area contributed by atoms with Crippen LogP contribution < -0.4 is 0 Å². The van der Waals surface area contributed by atoms with Gasteiger partial charge in [-0.25, -0.2) is 12.8 Å². The topological polar surface area (TPSA) is 75.0 Å². The lowest BCUT2D eigenvalue weighted by atomic mass is 9.90. The third kappa shape index (κ3) is 4.70. The van der Waals surface area contributed by atoms with Crippen molar-refractivity contribution in [2.75, 3.05) is 5.75 Å². The van der Waals surface area contributed by atoms with Gasteiger partial charge in [0.1, 0.15) is 11.6 Å². The molecule has 0 amide bonds. The van der Waals surface area contributed by atoms with Crippen LogP contribution in [0.25, 0.3) is 11.1 Å². The van der Waals surface area contributed by atoms with Crippen LogP contribution in [0, 0.1) is 23.1 Å². The minimum atomic E-state index is -4.97. The highest BCUT2D eigenvalue weighted by atomic mass is 32.2. The van der Waals surface area contributed by atoms with E-state index in [2.05, 4.69) is 0 Å². The molecule has 158 valence electrons. The van der Waals surface area contributed by atoms with Crippen molar-refractivity contribution < 1.29 is 30.8 Å². The molecular weight excluding hydrogens is 422 g/mol. The van der Waals surface area contributed by atoms with E-state index in [0.29, 0.717) is 18.9 Å². The molecule has 3 rings (SSSR count). The second-order valence-electron chi connectivity index (χ2n) is 7.28. The van der Waals surface area contributed by atoms with Crippen LogP contribution >= 0.6 is 0 Å². The lowest BCUT2D eigenvalue weighted by Crippen LogP contribution is -2.24. The fraction of sp³-hybridized carbons (Fsp3) is 0.333. The number of carbonyl (C=O) groups is 1. The summed E-state index contributed by atoms with van der Waals surface area (Å²) in [6.07, 6.45) is -3.86. The molecule has 0 heterocycles. The van der Waals surface area contributed by atoms with E-state index in [9.17, 15) is 30.8 Å². The Labute approximate surface area is 171 Å². The van der Waals surface area contributed by atoms with Crippen molar-refractivity contribution in [2.45, 2.75) is 36.8 Å². The average Bonchev–Trinajstić information content (AvgIpc) is 2.68. The maximum atomic E-state index is 14.2. The van der Waals surface area contributed by atoms with E-state index in [4.69, 9.17) is 5.26 Å². The molecule has 1 aliphatic carbocycles. The Bertz CT molecular complexity index is 1120. The summed E-state index contributed by atoms with van der Waals surface area (Å²) in [6, 6.07) is 7.66. The first-order chi connectivity index (χ1) is 14.0. The molecule has 1 fully saturated rings. The van der Waals surface area contributed by atoms with Crippen LogP contribution in [0.15, 0.2) is 41.3 Å². The largest absolute Gasteiger partial charge is 0.417 e. The number of sulfone groups is 1. The molecule has 0 atom stereocenters. The molecule has 0 unspecified atom stereocenters. The van der Waals surface area contributed by atoms with Gasteiger partial charge in [-0.05, 0) is 48.6 Å². The lowest BCUT2D eigenvalue weighted by Gasteiger charge is -2.22. The lowest BCUT2D eigenvalue weighted by molar-refractivity contribution is -0.139. The number of hydrogen-bond acceptors (Lipinski definition) is 4. The van der Waals surface area contributed by atoms with Gasteiger partial charge in [-0.1, -0.05) is 12.1 Å². The number of hydrogen-bond donors (Lipinski definition) is 0. The smallest absolute Gasteiger partial charge is 0.300 e. The van der Waals surface area contributed by atoms with Crippen LogP contribution in [0.1, 0.15) is 36.8 Å². The van der Waals surface area contributed by atoms with Gasteiger partial charge in [0.15, 0.2) is 9.84 Å². The number of benzene rings is 2. The Kier molecular flexibility index (Phi) is 5.99. The highest BCUT2D eigenvalue weighted by molar-refractivity contribution is 7.91. The Morgan fingerprint density at radius 1 is 1.07 bits per heavy atom. The molecule has 0 N–H and O–H groups in total. The summed E-state index contributed by atoms with van der Waals surface area (Å²) in [5, 5.41) is 8.80. The van der Waals surface area contributed by atoms with Gasteiger partial charge in [0.05, 0.1) is 27.8 Å². The molecule has 0 saturated heterocycles. The summed E-state index contributed by atoms with van der Waals surface area (Å²) in [4.78, 5) is 10.5. The molecule has 0 radical (unpaired) electrons. The first-order valence-electron chi connectivity index (χ1n) is 9.17. The predicted molar refractivity (Wildman–Crippen MR) is 101 cm³/mol. The second-order valence-corrected chi connectivity index (χ2v) is 9.28. The van der Waals surface area contributed by atoms with E-state index in [0.717, 1.165) is 18.2 Å². The van der Waals surface area contributed by atoms with E-state index in [1.54, 1.807) is 6.07 Å². The van der Waals surface area contributed by atoms with Crippen LogP contribution in [-0.2, 0) is 20.8 Å². The van der Waals surface area contributed by atoms with Gasteiger partial charge in [-0.2, -0.15) is 18.4 Å². The Balaban J connectivity index is 2.02. The summed E-state index contributed by atoms with van der Waals surface area (Å²) in [5.41, 5.74) is -1.67.